The molecular formula is C12H28NOW-. The number of hydrogen-bond acceptors (Lipinski definition) is 2. The molecule has 0 spiro atoms. The molecular weight excluding hydrogens is 358 g/mol. The Morgan fingerprint density at radius 1 is 1.33 bits per heavy atom. The summed E-state index contributed by atoms with van der Waals surface area (Å²) >= 11 is 0. The summed E-state index contributed by atoms with van der Waals surface area (Å²) < 4.78 is 5.36. The van der Waals surface area contributed by atoms with Crippen LogP contribution in [-0.4, -0.2) is 26.3 Å². The van der Waals surface area contributed by atoms with Crippen LogP contribution in [0.2, 0.25) is 0 Å². The minimum Gasteiger partial charge on any atom is -0.381 e. The van der Waals surface area contributed by atoms with Crippen LogP contribution in [0, 0.1) is 6.92 Å². The Balaban J connectivity index is -0.000000179. The molecule has 0 unspecified atom stereocenters. The molecule has 15 heavy (non-hydrogen) atoms. The van der Waals surface area contributed by atoms with Gasteiger partial charge in [0.1, 0.15) is 0 Å². The average Bonchev–Trinajstić information content (AvgIpc) is 2.19. The van der Waals surface area contributed by atoms with Gasteiger partial charge >= 0.3 is 0 Å². The standard InChI is InChI=1S/C7H13O.C3H9N.C2H6.W/c1-2-6-8-7-4-3-5-7;1-3-4-2;1-2;/h7H,1-6H2;4H,3H2,1-2H3;1-2H3;/q-1;;;. The number of hydrogen-bond donors (Lipinski definition) is 1. The van der Waals surface area contributed by atoms with Gasteiger partial charge in [0.15, 0.2) is 0 Å². The van der Waals surface area contributed by atoms with Crippen molar-refractivity contribution in [3.05, 3.63) is 6.92 Å². The zero-order valence-corrected chi connectivity index (χ0v) is 13.8. The summed E-state index contributed by atoms with van der Waals surface area (Å²) in [6, 6.07) is 0. The van der Waals surface area contributed by atoms with E-state index in [1.165, 1.54) is 19.3 Å². The van der Waals surface area contributed by atoms with Crippen molar-refractivity contribution in [2.24, 2.45) is 0 Å². The maximum atomic E-state index is 5.36. The quantitative estimate of drug-likeness (QED) is 0.751. The SMILES string of the molecule is CC.CCNC.[CH2-]CCOC1CCC1.[W]. The van der Waals surface area contributed by atoms with Crippen LogP contribution in [0.15, 0.2) is 0 Å². The molecule has 1 aliphatic carbocycles. The Bertz CT molecular complexity index is 85.7. The van der Waals surface area contributed by atoms with Gasteiger partial charge in [-0.15, -0.1) is 0 Å². The van der Waals surface area contributed by atoms with Gasteiger partial charge in [-0.2, -0.15) is 6.42 Å². The second-order valence-electron chi connectivity index (χ2n) is 2.98. The van der Waals surface area contributed by atoms with Crippen LogP contribution in [0.1, 0.15) is 46.5 Å². The first-order valence-corrected chi connectivity index (χ1v) is 5.90. The third-order valence-electron chi connectivity index (χ3n) is 1.90. The monoisotopic (exact) mass is 386 g/mol. The molecule has 1 saturated carbocycles. The summed E-state index contributed by atoms with van der Waals surface area (Å²) in [5, 5.41) is 2.93. The van der Waals surface area contributed by atoms with Crippen LogP contribution in [0.3, 0.4) is 0 Å². The Labute approximate surface area is 111 Å². The van der Waals surface area contributed by atoms with Gasteiger partial charge < -0.3 is 17.0 Å². The van der Waals surface area contributed by atoms with E-state index in [1.54, 1.807) is 0 Å². The van der Waals surface area contributed by atoms with Crippen molar-refractivity contribution >= 4 is 0 Å². The van der Waals surface area contributed by atoms with Crippen LogP contribution in [-0.2, 0) is 25.8 Å². The van der Waals surface area contributed by atoms with Crippen LogP contribution in [0.4, 0.5) is 0 Å². The maximum absolute atomic E-state index is 5.36. The van der Waals surface area contributed by atoms with Crippen molar-refractivity contribution < 1.29 is 25.8 Å². The van der Waals surface area contributed by atoms with Crippen molar-refractivity contribution in [1.82, 2.24) is 5.32 Å². The van der Waals surface area contributed by atoms with E-state index in [1.807, 2.05) is 20.9 Å². The van der Waals surface area contributed by atoms with E-state index in [9.17, 15) is 0 Å². The summed E-state index contributed by atoms with van der Waals surface area (Å²) in [4.78, 5) is 0. The number of rotatable bonds is 4. The van der Waals surface area contributed by atoms with Gasteiger partial charge in [0.05, 0.1) is 6.10 Å². The van der Waals surface area contributed by atoms with Crippen LogP contribution >= 0.6 is 0 Å². The van der Waals surface area contributed by atoms with Crippen LogP contribution in [0.5, 0.6) is 0 Å². The van der Waals surface area contributed by atoms with Crippen LogP contribution < -0.4 is 5.32 Å². The van der Waals surface area contributed by atoms with Gasteiger partial charge in [0, 0.05) is 27.7 Å². The molecule has 0 amide bonds. The Morgan fingerprint density at radius 2 is 1.80 bits per heavy atom. The van der Waals surface area contributed by atoms with Crippen molar-refractivity contribution in [2.45, 2.75) is 52.6 Å². The Morgan fingerprint density at radius 3 is 2.00 bits per heavy atom. The third-order valence-corrected chi connectivity index (χ3v) is 1.90. The van der Waals surface area contributed by atoms with Crippen molar-refractivity contribution in [3.63, 3.8) is 0 Å². The second kappa shape index (κ2) is 20.1. The molecule has 0 saturated heterocycles. The first kappa shape index (κ1) is 21.0. The summed E-state index contributed by atoms with van der Waals surface area (Å²) in [5.41, 5.74) is 0. The third kappa shape index (κ3) is 17.2. The summed E-state index contributed by atoms with van der Waals surface area (Å²) in [6.45, 7) is 11.7. The van der Waals surface area contributed by atoms with Crippen molar-refractivity contribution in [3.8, 4) is 0 Å². The molecule has 1 aliphatic rings. The van der Waals surface area contributed by atoms with Crippen molar-refractivity contribution in [2.75, 3.05) is 20.2 Å². The van der Waals surface area contributed by atoms with E-state index < -0.39 is 0 Å². The minimum absolute atomic E-state index is 0. The first-order valence-electron chi connectivity index (χ1n) is 5.90. The predicted molar refractivity (Wildman–Crippen MR) is 64.5 cm³/mol. The molecule has 0 aromatic heterocycles. The van der Waals surface area contributed by atoms with E-state index in [4.69, 9.17) is 4.74 Å². The minimum atomic E-state index is 0. The molecule has 0 radical (unpaired) electrons. The maximum Gasteiger partial charge on any atom is 0.0573 e. The molecule has 0 bridgehead atoms. The van der Waals surface area contributed by atoms with Gasteiger partial charge in [-0.3, -0.25) is 0 Å². The largest absolute Gasteiger partial charge is 0.381 e. The topological polar surface area (TPSA) is 21.3 Å². The summed E-state index contributed by atoms with van der Waals surface area (Å²) in [7, 11) is 1.93. The molecule has 0 aliphatic heterocycles. The molecule has 1 N–H and O–H groups in total. The van der Waals surface area contributed by atoms with Crippen LogP contribution in [0.25, 0.3) is 0 Å². The molecule has 0 atom stereocenters. The normalized spacial score (nSPS) is 13.4. The zero-order valence-electron chi connectivity index (χ0n) is 10.8. The Kier molecular flexibility index (Phi) is 28.0. The molecule has 3 heteroatoms. The summed E-state index contributed by atoms with van der Waals surface area (Å²) in [5.74, 6) is 0. The second-order valence-corrected chi connectivity index (χ2v) is 2.98. The summed E-state index contributed by atoms with van der Waals surface area (Å²) in [6.07, 6.45) is 5.43. The number of nitrogens with one attached hydrogen (secondary N) is 1. The van der Waals surface area contributed by atoms with E-state index >= 15 is 0 Å². The fourth-order valence-electron chi connectivity index (χ4n) is 0.787. The fourth-order valence-corrected chi connectivity index (χ4v) is 0.787. The molecule has 0 heterocycles. The zero-order chi connectivity index (χ0) is 11.2. The fraction of sp³-hybridized carbons (Fsp3) is 0.917. The van der Waals surface area contributed by atoms with Gasteiger partial charge in [-0.1, -0.05) is 20.8 Å². The van der Waals surface area contributed by atoms with Gasteiger partial charge in [-0.05, 0) is 32.9 Å². The molecule has 1 rings (SSSR count). The molecule has 0 aromatic carbocycles. The first-order chi connectivity index (χ1) is 6.85. The van der Waals surface area contributed by atoms with E-state index in [-0.39, 0.29) is 21.1 Å². The van der Waals surface area contributed by atoms with Gasteiger partial charge in [0.2, 0.25) is 0 Å². The van der Waals surface area contributed by atoms with Gasteiger partial charge in [-0.25, -0.2) is 0 Å². The van der Waals surface area contributed by atoms with Gasteiger partial charge in [0.25, 0.3) is 0 Å². The Hall–Kier alpha value is 0.608. The van der Waals surface area contributed by atoms with Crippen molar-refractivity contribution in [1.29, 1.82) is 0 Å². The molecule has 1 fully saturated rings. The van der Waals surface area contributed by atoms with E-state index in [2.05, 4.69) is 19.2 Å². The van der Waals surface area contributed by atoms with E-state index in [0.29, 0.717) is 6.10 Å². The average molecular weight is 386 g/mol. The van der Waals surface area contributed by atoms with E-state index in [0.717, 1.165) is 19.6 Å². The predicted octanol–water partition coefficient (Wildman–Crippen LogP) is 3.03. The smallest absolute Gasteiger partial charge is 0.0573 e. The number of ether oxygens (including phenoxy) is 1. The molecule has 2 nitrogen and oxygen atoms in total. The molecule has 0 aromatic rings. The molecule has 94 valence electrons.